The average molecular weight is 230 g/mol. The lowest BCUT2D eigenvalue weighted by Crippen LogP contribution is -1.97. The highest BCUT2D eigenvalue weighted by molar-refractivity contribution is 5.95. The largest absolute Gasteiger partial charge is 0.493 e. The molecule has 0 aliphatic rings. The summed E-state index contributed by atoms with van der Waals surface area (Å²) in [5, 5.41) is 2.28. The van der Waals surface area contributed by atoms with Gasteiger partial charge in [0.2, 0.25) is 0 Å². The zero-order valence-corrected chi connectivity index (χ0v) is 10.6. The van der Waals surface area contributed by atoms with Crippen LogP contribution in [0.2, 0.25) is 0 Å². The normalized spacial score (nSPS) is 10.5. The van der Waals surface area contributed by atoms with E-state index < -0.39 is 0 Å². The Morgan fingerprint density at radius 3 is 2.18 bits per heavy atom. The number of hydrogen-bond acceptors (Lipinski definition) is 2. The molecule has 90 valence electrons. The highest BCUT2D eigenvalue weighted by Gasteiger charge is 2.09. The first-order valence-corrected chi connectivity index (χ1v) is 6.05. The van der Waals surface area contributed by atoms with E-state index in [1.54, 1.807) is 0 Å². The summed E-state index contributed by atoms with van der Waals surface area (Å²) in [7, 11) is 0. The van der Waals surface area contributed by atoms with Crippen LogP contribution in [0.1, 0.15) is 19.4 Å². The van der Waals surface area contributed by atoms with Crippen molar-refractivity contribution in [2.75, 3.05) is 13.2 Å². The molecule has 0 radical (unpaired) electrons. The molecule has 0 N–H and O–H groups in total. The van der Waals surface area contributed by atoms with Crippen molar-refractivity contribution in [1.29, 1.82) is 0 Å². The number of aryl methyl sites for hydroxylation is 1. The van der Waals surface area contributed by atoms with Gasteiger partial charge in [0.15, 0.2) is 0 Å². The van der Waals surface area contributed by atoms with Gasteiger partial charge in [-0.15, -0.1) is 0 Å². The van der Waals surface area contributed by atoms with Crippen LogP contribution in [0.25, 0.3) is 10.8 Å². The topological polar surface area (TPSA) is 18.5 Å². The van der Waals surface area contributed by atoms with Gasteiger partial charge in [-0.05, 0) is 43.9 Å². The van der Waals surface area contributed by atoms with E-state index in [1.807, 2.05) is 32.0 Å². The molecule has 0 saturated heterocycles. The van der Waals surface area contributed by atoms with E-state index in [0.717, 1.165) is 16.9 Å². The molecule has 2 heteroatoms. The highest BCUT2D eigenvalue weighted by atomic mass is 16.5. The zero-order valence-electron chi connectivity index (χ0n) is 10.6. The van der Waals surface area contributed by atoms with Crippen molar-refractivity contribution in [2.24, 2.45) is 0 Å². The minimum Gasteiger partial charge on any atom is -0.493 e. The Labute approximate surface area is 102 Å². The molecule has 0 unspecified atom stereocenters. The molecule has 0 fully saturated rings. The van der Waals surface area contributed by atoms with E-state index in [4.69, 9.17) is 9.47 Å². The molecule has 0 spiro atoms. The van der Waals surface area contributed by atoms with Crippen molar-refractivity contribution < 1.29 is 9.47 Å². The molecule has 2 aromatic rings. The van der Waals surface area contributed by atoms with Gasteiger partial charge in [-0.1, -0.05) is 18.2 Å². The maximum atomic E-state index is 5.68. The van der Waals surface area contributed by atoms with Crippen molar-refractivity contribution in [3.63, 3.8) is 0 Å². The lowest BCUT2D eigenvalue weighted by Gasteiger charge is -2.13. The Kier molecular flexibility index (Phi) is 3.52. The summed E-state index contributed by atoms with van der Waals surface area (Å²) in [6, 6.07) is 10.2. The van der Waals surface area contributed by atoms with E-state index in [0.29, 0.717) is 13.2 Å². The summed E-state index contributed by atoms with van der Waals surface area (Å²) in [6.07, 6.45) is 0. The van der Waals surface area contributed by atoms with Crippen LogP contribution < -0.4 is 9.47 Å². The summed E-state index contributed by atoms with van der Waals surface area (Å²) in [6.45, 7) is 7.43. The lowest BCUT2D eigenvalue weighted by atomic mass is 10.0. The smallest absolute Gasteiger partial charge is 0.130 e. The second-order valence-corrected chi connectivity index (χ2v) is 3.93. The van der Waals surface area contributed by atoms with E-state index in [9.17, 15) is 0 Å². The third-order valence-corrected chi connectivity index (χ3v) is 2.78. The van der Waals surface area contributed by atoms with Gasteiger partial charge in [0.25, 0.3) is 0 Å². The quantitative estimate of drug-likeness (QED) is 0.792. The molecular formula is C15H18O2. The van der Waals surface area contributed by atoms with E-state index in [2.05, 4.69) is 19.1 Å². The lowest BCUT2D eigenvalue weighted by molar-refractivity contribution is 0.332. The fourth-order valence-corrected chi connectivity index (χ4v) is 2.04. The Balaban J connectivity index is 2.69. The van der Waals surface area contributed by atoms with Gasteiger partial charge >= 0.3 is 0 Å². The number of rotatable bonds is 4. The standard InChI is InChI=1S/C15H18O2/c1-4-16-13-8-6-7-12-11(3)9-10-14(15(12)13)17-5-2/h6-10H,4-5H2,1-3H3. The van der Waals surface area contributed by atoms with Crippen molar-refractivity contribution in [3.05, 3.63) is 35.9 Å². The Bertz CT molecular complexity index is 505. The van der Waals surface area contributed by atoms with Crippen LogP contribution in [0.15, 0.2) is 30.3 Å². The SMILES string of the molecule is CCOc1cccc2c(C)ccc(OCC)c12. The minimum atomic E-state index is 0.665. The predicted molar refractivity (Wildman–Crippen MR) is 71.0 cm³/mol. The van der Waals surface area contributed by atoms with E-state index >= 15 is 0 Å². The van der Waals surface area contributed by atoms with Gasteiger partial charge in [-0.2, -0.15) is 0 Å². The number of ether oxygens (including phenoxy) is 2. The molecule has 17 heavy (non-hydrogen) atoms. The summed E-state index contributed by atoms with van der Waals surface area (Å²) in [5.74, 6) is 1.80. The van der Waals surface area contributed by atoms with Crippen LogP contribution in [-0.4, -0.2) is 13.2 Å². The van der Waals surface area contributed by atoms with Crippen molar-refractivity contribution >= 4 is 10.8 Å². The third kappa shape index (κ3) is 2.21. The molecule has 0 aliphatic heterocycles. The molecule has 0 saturated carbocycles. The fourth-order valence-electron chi connectivity index (χ4n) is 2.04. The summed E-state index contributed by atoms with van der Waals surface area (Å²) in [4.78, 5) is 0. The Hall–Kier alpha value is -1.70. The summed E-state index contributed by atoms with van der Waals surface area (Å²) >= 11 is 0. The summed E-state index contributed by atoms with van der Waals surface area (Å²) in [5.41, 5.74) is 1.24. The molecule has 0 bridgehead atoms. The number of benzene rings is 2. The van der Waals surface area contributed by atoms with Gasteiger partial charge in [-0.25, -0.2) is 0 Å². The predicted octanol–water partition coefficient (Wildman–Crippen LogP) is 3.95. The van der Waals surface area contributed by atoms with Gasteiger partial charge in [0.1, 0.15) is 11.5 Å². The maximum Gasteiger partial charge on any atom is 0.130 e. The molecule has 0 aromatic heterocycles. The van der Waals surface area contributed by atoms with Crippen LogP contribution in [0, 0.1) is 6.92 Å². The Morgan fingerprint density at radius 2 is 1.53 bits per heavy atom. The minimum absolute atomic E-state index is 0.665. The molecule has 2 aromatic carbocycles. The zero-order chi connectivity index (χ0) is 12.3. The number of hydrogen-bond donors (Lipinski definition) is 0. The highest BCUT2D eigenvalue weighted by Crippen LogP contribution is 2.35. The molecule has 0 aliphatic carbocycles. The first-order chi connectivity index (χ1) is 8.27. The van der Waals surface area contributed by atoms with Crippen molar-refractivity contribution in [3.8, 4) is 11.5 Å². The van der Waals surface area contributed by atoms with Crippen LogP contribution in [0.5, 0.6) is 11.5 Å². The molecule has 0 amide bonds. The van der Waals surface area contributed by atoms with Gasteiger partial charge in [-0.3, -0.25) is 0 Å². The molecule has 2 nitrogen and oxygen atoms in total. The second kappa shape index (κ2) is 5.09. The molecular weight excluding hydrogens is 212 g/mol. The third-order valence-electron chi connectivity index (χ3n) is 2.78. The van der Waals surface area contributed by atoms with Crippen molar-refractivity contribution in [1.82, 2.24) is 0 Å². The molecule has 2 rings (SSSR count). The second-order valence-electron chi connectivity index (χ2n) is 3.93. The van der Waals surface area contributed by atoms with E-state index in [1.165, 1.54) is 10.9 Å². The summed E-state index contributed by atoms with van der Waals surface area (Å²) < 4.78 is 11.4. The monoisotopic (exact) mass is 230 g/mol. The maximum absolute atomic E-state index is 5.68. The average Bonchev–Trinajstić information content (AvgIpc) is 2.34. The first-order valence-electron chi connectivity index (χ1n) is 6.05. The molecule has 0 heterocycles. The van der Waals surface area contributed by atoms with Crippen LogP contribution in [-0.2, 0) is 0 Å². The van der Waals surface area contributed by atoms with Crippen molar-refractivity contribution in [2.45, 2.75) is 20.8 Å². The number of fused-ring (bicyclic) bond motifs is 1. The Morgan fingerprint density at radius 1 is 0.882 bits per heavy atom. The van der Waals surface area contributed by atoms with Gasteiger partial charge in [0.05, 0.1) is 18.6 Å². The van der Waals surface area contributed by atoms with Gasteiger partial charge in [0, 0.05) is 0 Å². The van der Waals surface area contributed by atoms with Crippen LogP contribution >= 0.6 is 0 Å². The first kappa shape index (κ1) is 11.8. The van der Waals surface area contributed by atoms with E-state index in [-0.39, 0.29) is 0 Å². The molecule has 0 atom stereocenters. The fraction of sp³-hybridized carbons (Fsp3) is 0.333. The van der Waals surface area contributed by atoms with Crippen LogP contribution in [0.4, 0.5) is 0 Å². The van der Waals surface area contributed by atoms with Gasteiger partial charge < -0.3 is 9.47 Å². The van der Waals surface area contributed by atoms with Crippen LogP contribution in [0.3, 0.4) is 0 Å².